The van der Waals surface area contributed by atoms with Crippen LogP contribution in [0.3, 0.4) is 0 Å². The van der Waals surface area contributed by atoms with Crippen molar-refractivity contribution in [1.29, 1.82) is 0 Å². The molecule has 2 atom stereocenters. The molecule has 1 aliphatic rings. The van der Waals surface area contributed by atoms with Gasteiger partial charge in [0.1, 0.15) is 0 Å². The molecule has 0 spiro atoms. The first-order valence-electron chi connectivity index (χ1n) is 5.55. The first kappa shape index (κ1) is 9.72. The van der Waals surface area contributed by atoms with Crippen molar-refractivity contribution in [2.75, 3.05) is 0 Å². The summed E-state index contributed by atoms with van der Waals surface area (Å²) >= 11 is 0. The van der Waals surface area contributed by atoms with E-state index in [4.69, 9.17) is 5.73 Å². The zero-order valence-corrected chi connectivity index (χ0v) is 8.87. The van der Waals surface area contributed by atoms with Gasteiger partial charge in [-0.25, -0.2) is 0 Å². The molecule has 0 bridgehead atoms. The highest BCUT2D eigenvalue weighted by Gasteiger charge is 2.21. The third-order valence-corrected chi connectivity index (χ3v) is 3.19. The van der Waals surface area contributed by atoms with Gasteiger partial charge >= 0.3 is 0 Å². The van der Waals surface area contributed by atoms with Gasteiger partial charge in [0.15, 0.2) is 0 Å². The maximum Gasteiger partial charge on any atom is 0.00416 e. The predicted octanol–water partition coefficient (Wildman–Crippen LogP) is 2.66. The first-order chi connectivity index (χ1) is 6.74. The van der Waals surface area contributed by atoms with Crippen LogP contribution in [0.1, 0.15) is 30.4 Å². The Kier molecular flexibility index (Phi) is 2.87. The third-order valence-electron chi connectivity index (χ3n) is 3.19. The molecule has 0 aliphatic heterocycles. The summed E-state index contributed by atoms with van der Waals surface area (Å²) in [5.41, 5.74) is 8.75. The molecule has 0 amide bonds. The molecule has 1 aromatic rings. The van der Waals surface area contributed by atoms with Crippen LogP contribution in [0, 0.1) is 12.8 Å². The van der Waals surface area contributed by atoms with E-state index < -0.39 is 0 Å². The van der Waals surface area contributed by atoms with Crippen LogP contribution >= 0.6 is 0 Å². The lowest BCUT2D eigenvalue weighted by atomic mass is 9.97. The van der Waals surface area contributed by atoms with Crippen molar-refractivity contribution in [3.8, 4) is 0 Å². The largest absolute Gasteiger partial charge is 0.328 e. The monoisotopic (exact) mass is 189 g/mol. The van der Waals surface area contributed by atoms with E-state index in [1.54, 1.807) is 0 Å². The van der Waals surface area contributed by atoms with Gasteiger partial charge in [-0.05, 0) is 44.1 Å². The molecule has 1 aliphatic carbocycles. The molecule has 0 radical (unpaired) electrons. The molecule has 1 fully saturated rings. The summed E-state index contributed by atoms with van der Waals surface area (Å²) in [4.78, 5) is 0. The van der Waals surface area contributed by atoms with Crippen LogP contribution in [0.5, 0.6) is 0 Å². The molecule has 1 nitrogen and oxygen atoms in total. The molecule has 0 aromatic heterocycles. The lowest BCUT2D eigenvalue weighted by Crippen LogP contribution is -2.15. The van der Waals surface area contributed by atoms with Crippen molar-refractivity contribution >= 4 is 0 Å². The smallest absolute Gasteiger partial charge is 0.00416 e. The minimum absolute atomic E-state index is 0.463. The van der Waals surface area contributed by atoms with E-state index in [1.165, 1.54) is 36.8 Å². The Bertz CT molecular complexity index is 306. The van der Waals surface area contributed by atoms with Crippen LogP contribution in [0.25, 0.3) is 0 Å². The van der Waals surface area contributed by atoms with Gasteiger partial charge in [-0.1, -0.05) is 29.8 Å². The lowest BCUT2D eigenvalue weighted by molar-refractivity contribution is 0.535. The van der Waals surface area contributed by atoms with E-state index in [1.807, 2.05) is 0 Å². The molecular weight excluding hydrogens is 170 g/mol. The van der Waals surface area contributed by atoms with Gasteiger partial charge in [0.25, 0.3) is 0 Å². The highest BCUT2D eigenvalue weighted by atomic mass is 14.6. The topological polar surface area (TPSA) is 26.0 Å². The van der Waals surface area contributed by atoms with Crippen LogP contribution in [-0.4, -0.2) is 6.04 Å². The van der Waals surface area contributed by atoms with Gasteiger partial charge in [-0.3, -0.25) is 0 Å². The van der Waals surface area contributed by atoms with Crippen LogP contribution in [-0.2, 0) is 6.42 Å². The predicted molar refractivity (Wildman–Crippen MR) is 60.2 cm³/mol. The van der Waals surface area contributed by atoms with Gasteiger partial charge in [0.2, 0.25) is 0 Å². The fourth-order valence-corrected chi connectivity index (χ4v) is 2.47. The second kappa shape index (κ2) is 4.14. The molecule has 0 saturated heterocycles. The second-order valence-corrected chi connectivity index (χ2v) is 4.63. The summed E-state index contributed by atoms with van der Waals surface area (Å²) in [7, 11) is 0. The number of rotatable bonds is 2. The van der Waals surface area contributed by atoms with Crippen molar-refractivity contribution in [2.24, 2.45) is 11.7 Å². The lowest BCUT2D eigenvalue weighted by Gasteiger charge is -2.09. The van der Waals surface area contributed by atoms with E-state index >= 15 is 0 Å². The number of nitrogens with two attached hydrogens (primary N) is 1. The minimum Gasteiger partial charge on any atom is -0.328 e. The van der Waals surface area contributed by atoms with Crippen molar-refractivity contribution in [1.82, 2.24) is 0 Å². The van der Waals surface area contributed by atoms with Crippen LogP contribution in [0.2, 0.25) is 0 Å². The summed E-state index contributed by atoms with van der Waals surface area (Å²) in [6, 6.07) is 9.30. The molecule has 1 saturated carbocycles. The van der Waals surface area contributed by atoms with E-state index in [0.29, 0.717) is 6.04 Å². The number of hydrogen-bond donors (Lipinski definition) is 1. The van der Waals surface area contributed by atoms with Crippen molar-refractivity contribution in [2.45, 2.75) is 38.6 Å². The van der Waals surface area contributed by atoms with E-state index in [9.17, 15) is 0 Å². The standard InChI is InChI=1S/C13H19N/c1-10-3-2-4-11(7-10)8-12-5-6-13(14)9-12/h2-4,7,12-13H,5-6,8-9,14H2,1H3. The van der Waals surface area contributed by atoms with Crippen molar-refractivity contribution in [3.05, 3.63) is 35.4 Å². The summed E-state index contributed by atoms with van der Waals surface area (Å²) in [6.07, 6.45) is 4.97. The number of hydrogen-bond acceptors (Lipinski definition) is 1. The molecule has 76 valence electrons. The fourth-order valence-electron chi connectivity index (χ4n) is 2.47. The highest BCUT2D eigenvalue weighted by molar-refractivity contribution is 5.22. The van der Waals surface area contributed by atoms with Gasteiger partial charge < -0.3 is 5.73 Å². The molecule has 1 heteroatoms. The zero-order valence-electron chi connectivity index (χ0n) is 8.87. The molecule has 2 unspecified atom stereocenters. The van der Waals surface area contributed by atoms with Crippen molar-refractivity contribution < 1.29 is 0 Å². The average molecular weight is 189 g/mol. The molecule has 2 N–H and O–H groups in total. The fraction of sp³-hybridized carbons (Fsp3) is 0.538. The molecule has 1 aromatic carbocycles. The molecule has 2 rings (SSSR count). The van der Waals surface area contributed by atoms with Gasteiger partial charge in [-0.15, -0.1) is 0 Å². The van der Waals surface area contributed by atoms with Crippen molar-refractivity contribution in [3.63, 3.8) is 0 Å². The van der Waals surface area contributed by atoms with Gasteiger partial charge in [-0.2, -0.15) is 0 Å². The Balaban J connectivity index is 1.97. The SMILES string of the molecule is Cc1cccc(CC2CCC(N)C2)c1. The molecule has 14 heavy (non-hydrogen) atoms. The Morgan fingerprint density at radius 3 is 2.86 bits per heavy atom. The summed E-state index contributed by atoms with van der Waals surface area (Å²) < 4.78 is 0. The van der Waals surface area contributed by atoms with E-state index in [0.717, 1.165) is 5.92 Å². The van der Waals surface area contributed by atoms with E-state index in [-0.39, 0.29) is 0 Å². The molecule has 0 heterocycles. The summed E-state index contributed by atoms with van der Waals surface area (Å²) in [5.74, 6) is 0.826. The first-order valence-corrected chi connectivity index (χ1v) is 5.55. The zero-order chi connectivity index (χ0) is 9.97. The Morgan fingerprint density at radius 1 is 1.36 bits per heavy atom. The number of aryl methyl sites for hydroxylation is 1. The average Bonchev–Trinajstić information content (AvgIpc) is 2.51. The van der Waals surface area contributed by atoms with Gasteiger partial charge in [0.05, 0.1) is 0 Å². The van der Waals surface area contributed by atoms with Crippen LogP contribution in [0.15, 0.2) is 24.3 Å². The van der Waals surface area contributed by atoms with Crippen LogP contribution < -0.4 is 5.73 Å². The summed E-state index contributed by atoms with van der Waals surface area (Å²) in [5, 5.41) is 0. The van der Waals surface area contributed by atoms with E-state index in [2.05, 4.69) is 31.2 Å². The second-order valence-electron chi connectivity index (χ2n) is 4.63. The maximum absolute atomic E-state index is 5.91. The Hall–Kier alpha value is -0.820. The molecular formula is C13H19N. The Labute approximate surface area is 86.3 Å². The van der Waals surface area contributed by atoms with Crippen LogP contribution in [0.4, 0.5) is 0 Å². The highest BCUT2D eigenvalue weighted by Crippen LogP contribution is 2.27. The Morgan fingerprint density at radius 2 is 2.21 bits per heavy atom. The number of benzene rings is 1. The minimum atomic E-state index is 0.463. The van der Waals surface area contributed by atoms with Gasteiger partial charge in [0, 0.05) is 6.04 Å². The summed E-state index contributed by atoms with van der Waals surface area (Å²) in [6.45, 7) is 2.16. The third kappa shape index (κ3) is 2.36. The quantitative estimate of drug-likeness (QED) is 0.760. The maximum atomic E-state index is 5.91. The normalized spacial score (nSPS) is 26.7.